The number of nitriles is 1. The molecule has 2 heterocycles. The predicted octanol–water partition coefficient (Wildman–Crippen LogP) is 4.65. The van der Waals surface area contributed by atoms with Gasteiger partial charge in [0.15, 0.2) is 11.3 Å². The van der Waals surface area contributed by atoms with Gasteiger partial charge < -0.3 is 4.42 Å². The number of Topliss-reactive ketones (excluding diaryl/α,β-unsaturated/α-hetero) is 1. The highest BCUT2D eigenvalue weighted by atomic mass is 16.4. The Kier molecular flexibility index (Phi) is 5.55. The maximum absolute atomic E-state index is 12.8. The zero-order valence-electron chi connectivity index (χ0n) is 16.2. The van der Waals surface area contributed by atoms with Gasteiger partial charge in [0.2, 0.25) is 5.78 Å². The molecule has 0 bridgehead atoms. The highest BCUT2D eigenvalue weighted by Gasteiger charge is 2.42. The van der Waals surface area contributed by atoms with E-state index < -0.39 is 5.54 Å². The molecule has 0 amide bonds. The first kappa shape index (κ1) is 19.1. The summed E-state index contributed by atoms with van der Waals surface area (Å²) in [6, 6.07) is 22.1. The Bertz CT molecular complexity index is 1010. The Balaban J connectivity index is 1.59. The van der Waals surface area contributed by atoms with Crippen LogP contribution in [0.5, 0.6) is 0 Å². The van der Waals surface area contributed by atoms with E-state index in [2.05, 4.69) is 28.5 Å². The molecule has 1 aliphatic heterocycles. The lowest BCUT2D eigenvalue weighted by Gasteiger charge is -2.19. The molecule has 0 unspecified atom stereocenters. The fourth-order valence-electron chi connectivity index (χ4n) is 3.81. The van der Waals surface area contributed by atoms with E-state index in [4.69, 9.17) is 4.42 Å². The minimum atomic E-state index is -0.930. The molecule has 29 heavy (non-hydrogen) atoms. The quantitative estimate of drug-likeness (QED) is 0.599. The second-order valence-electron chi connectivity index (χ2n) is 7.37. The van der Waals surface area contributed by atoms with Crippen LogP contribution in [0.3, 0.4) is 0 Å². The zero-order valence-corrected chi connectivity index (χ0v) is 16.2. The molecule has 1 fully saturated rings. The van der Waals surface area contributed by atoms with Gasteiger partial charge in [0.05, 0.1) is 6.07 Å². The molecule has 1 saturated heterocycles. The molecule has 1 N–H and O–H groups in total. The van der Waals surface area contributed by atoms with E-state index in [1.54, 1.807) is 0 Å². The number of benzene rings is 2. The van der Waals surface area contributed by atoms with E-state index in [0.717, 1.165) is 31.4 Å². The van der Waals surface area contributed by atoms with Crippen LogP contribution in [0.1, 0.15) is 47.7 Å². The van der Waals surface area contributed by atoms with Crippen molar-refractivity contribution in [3.8, 4) is 17.3 Å². The van der Waals surface area contributed by atoms with Crippen LogP contribution in [0.2, 0.25) is 0 Å². The summed E-state index contributed by atoms with van der Waals surface area (Å²) in [6.45, 7) is 0.739. The minimum absolute atomic E-state index is 0.0928. The van der Waals surface area contributed by atoms with E-state index in [-0.39, 0.29) is 11.7 Å². The number of nitrogens with zero attached hydrogens (tertiary/aromatic N) is 2. The van der Waals surface area contributed by atoms with Gasteiger partial charge in [-0.2, -0.15) is 5.26 Å². The van der Waals surface area contributed by atoms with Crippen LogP contribution < -0.4 is 5.32 Å². The van der Waals surface area contributed by atoms with Crippen molar-refractivity contribution in [1.82, 2.24) is 10.3 Å². The normalized spacial score (nSPS) is 18.4. The van der Waals surface area contributed by atoms with Crippen LogP contribution in [-0.4, -0.2) is 17.3 Å². The average Bonchev–Trinajstić information content (AvgIpc) is 3.43. The van der Waals surface area contributed by atoms with Crippen molar-refractivity contribution >= 4 is 5.78 Å². The van der Waals surface area contributed by atoms with Crippen LogP contribution in [0.4, 0.5) is 0 Å². The fraction of sp³-hybridized carbons (Fsp3) is 0.292. The van der Waals surface area contributed by atoms with Crippen LogP contribution in [-0.2, 0) is 12.0 Å². The Morgan fingerprint density at radius 2 is 1.86 bits per heavy atom. The molecule has 0 spiro atoms. The first-order chi connectivity index (χ1) is 14.2. The van der Waals surface area contributed by atoms with Gasteiger partial charge in [0, 0.05) is 12.0 Å². The van der Waals surface area contributed by atoms with Crippen LogP contribution in [0.25, 0.3) is 11.3 Å². The maximum Gasteiger partial charge on any atom is 0.264 e. The van der Waals surface area contributed by atoms with Crippen molar-refractivity contribution in [2.75, 3.05) is 6.54 Å². The maximum atomic E-state index is 12.8. The molecule has 1 atom stereocenters. The second-order valence-corrected chi connectivity index (χ2v) is 7.37. The highest BCUT2D eigenvalue weighted by Crippen LogP contribution is 2.37. The van der Waals surface area contributed by atoms with Crippen LogP contribution >= 0.6 is 0 Å². The van der Waals surface area contributed by atoms with Crippen LogP contribution in [0, 0.1) is 11.3 Å². The van der Waals surface area contributed by atoms with E-state index in [9.17, 15) is 10.1 Å². The summed E-state index contributed by atoms with van der Waals surface area (Å²) in [4.78, 5) is 17.3. The van der Waals surface area contributed by atoms with Crippen LogP contribution in [0.15, 0.2) is 65.1 Å². The summed E-state index contributed by atoms with van der Waals surface area (Å²) in [5.41, 5.74) is 1.70. The van der Waals surface area contributed by atoms with Gasteiger partial charge in [-0.15, -0.1) is 0 Å². The van der Waals surface area contributed by atoms with Gasteiger partial charge in [-0.25, -0.2) is 4.98 Å². The van der Waals surface area contributed by atoms with Crippen molar-refractivity contribution in [2.45, 2.75) is 37.6 Å². The molecular weight excluding hydrogens is 362 g/mol. The largest absolute Gasteiger partial charge is 0.435 e. The monoisotopic (exact) mass is 385 g/mol. The number of oxazole rings is 1. The zero-order chi connectivity index (χ0) is 20.1. The molecular formula is C24H23N3O2. The summed E-state index contributed by atoms with van der Waals surface area (Å²) in [5, 5.41) is 13.1. The first-order valence-electron chi connectivity index (χ1n) is 10.0. The predicted molar refractivity (Wildman–Crippen MR) is 110 cm³/mol. The summed E-state index contributed by atoms with van der Waals surface area (Å²) in [7, 11) is 0. The fourth-order valence-corrected chi connectivity index (χ4v) is 3.81. The molecule has 0 saturated carbocycles. The van der Waals surface area contributed by atoms with Crippen molar-refractivity contribution in [2.24, 2.45) is 0 Å². The Morgan fingerprint density at radius 1 is 1.14 bits per heavy atom. The van der Waals surface area contributed by atoms with Gasteiger partial charge in [-0.05, 0) is 37.8 Å². The standard InChI is InChI=1S/C24H23N3O2/c25-17-24(15-8-16-26-24)22-21(19-12-5-2-6-13-19)27-23(29-22)20(28)14-7-11-18-9-3-1-4-10-18/h1-6,9-10,12-13,26H,7-8,11,14-16H2/t24-/m0/s1. The summed E-state index contributed by atoms with van der Waals surface area (Å²) in [5.74, 6) is 0.417. The third-order valence-electron chi connectivity index (χ3n) is 5.36. The average molecular weight is 385 g/mol. The van der Waals surface area contributed by atoms with Gasteiger partial charge in [-0.3, -0.25) is 10.1 Å². The lowest BCUT2D eigenvalue weighted by atomic mass is 9.93. The number of nitrogens with one attached hydrogen (secondary N) is 1. The Morgan fingerprint density at radius 3 is 2.52 bits per heavy atom. The lowest BCUT2D eigenvalue weighted by Crippen LogP contribution is -2.35. The van der Waals surface area contributed by atoms with E-state index in [1.165, 1.54) is 5.56 Å². The first-order valence-corrected chi connectivity index (χ1v) is 10.0. The molecule has 146 valence electrons. The number of hydrogen-bond donors (Lipinski definition) is 1. The van der Waals surface area contributed by atoms with E-state index in [0.29, 0.717) is 24.3 Å². The number of carbonyl (C=O) groups excluding carboxylic acids is 1. The van der Waals surface area contributed by atoms with Gasteiger partial charge in [0.1, 0.15) is 5.69 Å². The SMILES string of the molecule is N#C[C@]1(c2oc(C(=O)CCCc3ccccc3)nc2-c2ccccc2)CCCN1. The lowest BCUT2D eigenvalue weighted by molar-refractivity contribution is 0.0943. The molecule has 5 nitrogen and oxygen atoms in total. The van der Waals surface area contributed by atoms with Gasteiger partial charge in [-0.1, -0.05) is 60.7 Å². The minimum Gasteiger partial charge on any atom is -0.435 e. The van der Waals surface area contributed by atoms with E-state index in [1.807, 2.05) is 48.5 Å². The molecule has 4 rings (SSSR count). The Hall–Kier alpha value is -3.23. The van der Waals surface area contributed by atoms with Crippen molar-refractivity contribution in [3.63, 3.8) is 0 Å². The summed E-state index contributed by atoms with van der Waals surface area (Å²) >= 11 is 0. The van der Waals surface area contributed by atoms with Gasteiger partial charge >= 0.3 is 0 Å². The third kappa shape index (κ3) is 3.98. The van der Waals surface area contributed by atoms with Crippen molar-refractivity contribution < 1.29 is 9.21 Å². The number of aryl methyl sites for hydroxylation is 1. The molecule has 2 aromatic carbocycles. The number of aromatic nitrogens is 1. The smallest absolute Gasteiger partial charge is 0.264 e. The second kappa shape index (κ2) is 8.42. The number of carbonyl (C=O) groups is 1. The molecule has 1 aliphatic rings. The van der Waals surface area contributed by atoms with E-state index >= 15 is 0 Å². The van der Waals surface area contributed by atoms with Crippen molar-refractivity contribution in [3.05, 3.63) is 77.9 Å². The number of rotatable bonds is 7. The topological polar surface area (TPSA) is 78.9 Å². The highest BCUT2D eigenvalue weighted by molar-refractivity contribution is 5.92. The number of hydrogen-bond acceptors (Lipinski definition) is 5. The molecule has 0 radical (unpaired) electrons. The van der Waals surface area contributed by atoms with Gasteiger partial charge in [0.25, 0.3) is 5.89 Å². The number of ketones is 1. The molecule has 3 aromatic rings. The summed E-state index contributed by atoms with van der Waals surface area (Å²) in [6.07, 6.45) is 3.43. The molecule has 0 aliphatic carbocycles. The third-order valence-corrected chi connectivity index (χ3v) is 5.36. The molecule has 5 heteroatoms. The van der Waals surface area contributed by atoms with Crippen molar-refractivity contribution in [1.29, 1.82) is 5.26 Å². The Labute approximate surface area is 170 Å². The molecule has 1 aromatic heterocycles. The summed E-state index contributed by atoms with van der Waals surface area (Å²) < 4.78 is 5.97.